The summed E-state index contributed by atoms with van der Waals surface area (Å²) in [5, 5.41) is 5.79. The van der Waals surface area contributed by atoms with E-state index < -0.39 is 17.5 Å². The van der Waals surface area contributed by atoms with Gasteiger partial charge in [0, 0.05) is 34.9 Å². The number of carbonyl (C=O) groups excluding carboxylic acids is 1. The molecule has 9 heteroatoms. The molecule has 0 aliphatic rings. The number of rotatable bonds is 5. The number of nitrogens with one attached hydrogen (secondary N) is 3. The van der Waals surface area contributed by atoms with Crippen LogP contribution in [0.1, 0.15) is 12.6 Å². The van der Waals surface area contributed by atoms with Gasteiger partial charge in [0.25, 0.3) is 5.88 Å². The van der Waals surface area contributed by atoms with Gasteiger partial charge in [0.2, 0.25) is 11.7 Å². The highest BCUT2D eigenvalue weighted by Gasteiger charge is 2.17. The fourth-order valence-corrected chi connectivity index (χ4v) is 2.96. The summed E-state index contributed by atoms with van der Waals surface area (Å²) in [7, 11) is 0. The zero-order valence-corrected chi connectivity index (χ0v) is 16.1. The normalized spacial score (nSPS) is 10.8. The van der Waals surface area contributed by atoms with Crippen molar-refractivity contribution in [3.63, 3.8) is 0 Å². The lowest BCUT2D eigenvalue weighted by atomic mass is 10.2. The van der Waals surface area contributed by atoms with Crippen molar-refractivity contribution in [3.05, 3.63) is 66.1 Å². The molecule has 0 fully saturated rings. The maximum atomic E-state index is 14.8. The van der Waals surface area contributed by atoms with Crippen LogP contribution in [-0.4, -0.2) is 20.9 Å². The van der Waals surface area contributed by atoms with Gasteiger partial charge in [-0.3, -0.25) is 4.79 Å². The van der Waals surface area contributed by atoms with Crippen molar-refractivity contribution in [2.45, 2.75) is 13.8 Å². The van der Waals surface area contributed by atoms with Crippen LogP contribution in [0, 0.1) is 18.6 Å². The van der Waals surface area contributed by atoms with Crippen LogP contribution >= 0.6 is 0 Å². The smallest absolute Gasteiger partial charge is 0.261 e. The van der Waals surface area contributed by atoms with Gasteiger partial charge in [-0.1, -0.05) is 0 Å². The van der Waals surface area contributed by atoms with E-state index in [-0.39, 0.29) is 17.5 Å². The maximum absolute atomic E-state index is 14.8. The van der Waals surface area contributed by atoms with E-state index in [9.17, 15) is 13.6 Å². The number of aromatic amines is 1. The Morgan fingerprint density at radius 2 is 1.77 bits per heavy atom. The van der Waals surface area contributed by atoms with E-state index in [0.29, 0.717) is 22.3 Å². The Balaban J connectivity index is 1.57. The second-order valence-corrected chi connectivity index (χ2v) is 6.62. The van der Waals surface area contributed by atoms with Gasteiger partial charge in [-0.2, -0.15) is 9.37 Å². The molecule has 30 heavy (non-hydrogen) atoms. The average molecular weight is 409 g/mol. The number of ether oxygens (including phenoxy) is 1. The first kappa shape index (κ1) is 19.3. The van der Waals surface area contributed by atoms with Crippen LogP contribution in [0.2, 0.25) is 0 Å². The molecule has 3 N–H and O–H groups in total. The highest BCUT2D eigenvalue weighted by Crippen LogP contribution is 2.32. The molecule has 0 spiro atoms. The molecule has 4 rings (SSSR count). The summed E-state index contributed by atoms with van der Waals surface area (Å²) in [5.41, 5.74) is 2.55. The molecule has 0 radical (unpaired) electrons. The van der Waals surface area contributed by atoms with Crippen LogP contribution in [0.5, 0.6) is 11.6 Å². The monoisotopic (exact) mass is 409 g/mol. The molecule has 4 aromatic rings. The van der Waals surface area contributed by atoms with Gasteiger partial charge in [-0.15, -0.1) is 0 Å². The molecule has 0 aliphatic heterocycles. The van der Waals surface area contributed by atoms with Crippen molar-refractivity contribution in [1.29, 1.82) is 0 Å². The molecule has 0 unspecified atom stereocenters. The van der Waals surface area contributed by atoms with Crippen LogP contribution in [0.15, 0.2) is 48.8 Å². The van der Waals surface area contributed by atoms with Crippen molar-refractivity contribution >= 4 is 34.0 Å². The molecule has 0 aliphatic carbocycles. The third-order valence-electron chi connectivity index (χ3n) is 4.27. The Morgan fingerprint density at radius 1 is 1.03 bits per heavy atom. The largest absolute Gasteiger partial charge is 0.433 e. The number of hydrogen-bond acceptors (Lipinski definition) is 5. The van der Waals surface area contributed by atoms with Crippen LogP contribution in [0.3, 0.4) is 0 Å². The van der Waals surface area contributed by atoms with E-state index in [2.05, 4.69) is 25.6 Å². The molecule has 152 valence electrons. The lowest BCUT2D eigenvalue weighted by Crippen LogP contribution is -2.05. The number of aryl methyl sites for hydroxylation is 1. The Labute approximate surface area is 170 Å². The first-order chi connectivity index (χ1) is 14.4. The van der Waals surface area contributed by atoms with Crippen molar-refractivity contribution in [1.82, 2.24) is 15.0 Å². The second-order valence-electron chi connectivity index (χ2n) is 6.62. The van der Waals surface area contributed by atoms with Crippen LogP contribution in [0.25, 0.3) is 10.9 Å². The molecular formula is C21H17F2N5O2. The summed E-state index contributed by atoms with van der Waals surface area (Å²) in [4.78, 5) is 21.8. The van der Waals surface area contributed by atoms with E-state index in [1.54, 1.807) is 36.4 Å². The van der Waals surface area contributed by atoms with Gasteiger partial charge in [-0.05, 0) is 49.4 Å². The average Bonchev–Trinajstić information content (AvgIpc) is 3.09. The van der Waals surface area contributed by atoms with Gasteiger partial charge in [0.15, 0.2) is 17.4 Å². The Morgan fingerprint density at radius 3 is 2.50 bits per heavy atom. The van der Waals surface area contributed by atoms with Gasteiger partial charge in [-0.25, -0.2) is 9.37 Å². The van der Waals surface area contributed by atoms with Gasteiger partial charge >= 0.3 is 0 Å². The lowest BCUT2D eigenvalue weighted by molar-refractivity contribution is -0.114. The number of nitrogens with zero attached hydrogens (tertiary/aromatic N) is 2. The Kier molecular flexibility index (Phi) is 5.01. The second kappa shape index (κ2) is 7.78. The molecular weight excluding hydrogens is 392 g/mol. The number of hydrogen-bond donors (Lipinski definition) is 3. The highest BCUT2D eigenvalue weighted by molar-refractivity contribution is 5.88. The van der Waals surface area contributed by atoms with Crippen LogP contribution in [0.4, 0.5) is 26.0 Å². The zero-order valence-electron chi connectivity index (χ0n) is 16.1. The number of anilines is 3. The fraction of sp³-hybridized carbons (Fsp3) is 0.0952. The van der Waals surface area contributed by atoms with Gasteiger partial charge in [0.1, 0.15) is 6.33 Å². The lowest BCUT2D eigenvalue weighted by Gasteiger charge is -2.11. The number of carbonyl (C=O) groups is 1. The SMILES string of the molecule is CC(=O)Nc1ccc(Nc2ncnc(Oc3ccc4[nH]c(C)cc4c3F)c2F)cc1. The summed E-state index contributed by atoms with van der Waals surface area (Å²) in [6, 6.07) is 11.3. The molecule has 0 bridgehead atoms. The van der Waals surface area contributed by atoms with E-state index in [1.807, 2.05) is 6.92 Å². The summed E-state index contributed by atoms with van der Waals surface area (Å²) in [5.74, 6) is -2.37. The quantitative estimate of drug-likeness (QED) is 0.430. The summed E-state index contributed by atoms with van der Waals surface area (Å²) in [6.45, 7) is 3.21. The highest BCUT2D eigenvalue weighted by atomic mass is 19.1. The Bertz CT molecular complexity index is 1240. The standard InChI is InChI=1S/C21H17F2N5O2/c1-11-9-15-16(26-11)7-8-17(18(15)22)30-21-19(23)20(24-10-25-21)28-14-5-3-13(4-6-14)27-12(2)29/h3-10,26H,1-2H3,(H,27,29)(H,24,25,28). The molecule has 2 aromatic heterocycles. The first-order valence-electron chi connectivity index (χ1n) is 9.01. The third kappa shape index (κ3) is 3.90. The Hall–Kier alpha value is -4.01. The molecule has 1 amide bonds. The predicted molar refractivity (Wildman–Crippen MR) is 109 cm³/mol. The number of H-pyrrole nitrogens is 1. The minimum Gasteiger partial charge on any atom is -0.433 e. The number of fused-ring (bicyclic) bond motifs is 1. The van der Waals surface area contributed by atoms with E-state index >= 15 is 0 Å². The van der Waals surface area contributed by atoms with Gasteiger partial charge in [0.05, 0.1) is 0 Å². The predicted octanol–water partition coefficient (Wildman–Crippen LogP) is 5.04. The number of benzene rings is 2. The minimum atomic E-state index is -0.867. The molecule has 0 atom stereocenters. The van der Waals surface area contributed by atoms with Crippen molar-refractivity contribution < 1.29 is 18.3 Å². The zero-order chi connectivity index (χ0) is 21.3. The number of aromatic nitrogens is 3. The molecule has 0 saturated carbocycles. The summed E-state index contributed by atoms with van der Waals surface area (Å²) >= 11 is 0. The maximum Gasteiger partial charge on any atom is 0.261 e. The van der Waals surface area contributed by atoms with Crippen molar-refractivity contribution in [2.24, 2.45) is 0 Å². The minimum absolute atomic E-state index is 0.133. The number of halogens is 2. The van der Waals surface area contributed by atoms with Crippen molar-refractivity contribution in [3.8, 4) is 11.6 Å². The topological polar surface area (TPSA) is 91.9 Å². The molecule has 0 saturated heterocycles. The van der Waals surface area contributed by atoms with Gasteiger partial charge < -0.3 is 20.4 Å². The fourth-order valence-electron chi connectivity index (χ4n) is 2.96. The molecule has 2 heterocycles. The number of amides is 1. The summed E-state index contributed by atoms with van der Waals surface area (Å²) in [6.07, 6.45) is 1.11. The summed E-state index contributed by atoms with van der Waals surface area (Å²) < 4.78 is 35.0. The van der Waals surface area contributed by atoms with E-state index in [1.165, 1.54) is 13.0 Å². The van der Waals surface area contributed by atoms with E-state index in [0.717, 1.165) is 12.0 Å². The van der Waals surface area contributed by atoms with Crippen LogP contribution < -0.4 is 15.4 Å². The van der Waals surface area contributed by atoms with Crippen molar-refractivity contribution in [2.75, 3.05) is 10.6 Å². The first-order valence-corrected chi connectivity index (χ1v) is 9.01. The van der Waals surface area contributed by atoms with E-state index in [4.69, 9.17) is 4.74 Å². The third-order valence-corrected chi connectivity index (χ3v) is 4.27. The molecule has 2 aromatic carbocycles. The molecule has 7 nitrogen and oxygen atoms in total. The van der Waals surface area contributed by atoms with Crippen LogP contribution in [-0.2, 0) is 4.79 Å².